The molecule has 0 unspecified atom stereocenters. The fourth-order valence-electron chi connectivity index (χ4n) is 1.82. The van der Waals surface area contributed by atoms with Gasteiger partial charge in [0.2, 0.25) is 0 Å². The number of ether oxygens (including phenoxy) is 1. The van der Waals surface area contributed by atoms with E-state index in [1.165, 1.54) is 11.3 Å². The molecule has 0 spiro atoms. The van der Waals surface area contributed by atoms with Crippen molar-refractivity contribution in [3.05, 3.63) is 29.8 Å². The molecule has 0 aliphatic carbocycles. The van der Waals surface area contributed by atoms with E-state index in [9.17, 15) is 0 Å². The molecule has 1 N–H and O–H groups in total. The lowest BCUT2D eigenvalue weighted by Gasteiger charge is -2.21. The van der Waals surface area contributed by atoms with Gasteiger partial charge in [-0.15, -0.1) is 12.4 Å². The summed E-state index contributed by atoms with van der Waals surface area (Å²) >= 11 is 0. The molecule has 3 nitrogen and oxygen atoms in total. The lowest BCUT2D eigenvalue weighted by atomic mass is 10.2. The number of nitrogens with one attached hydrogen (secondary N) is 1. The molecule has 0 aliphatic heterocycles. The maximum atomic E-state index is 4.99. The number of rotatable bonds is 8. The van der Waals surface area contributed by atoms with Crippen molar-refractivity contribution in [1.82, 2.24) is 5.32 Å². The van der Waals surface area contributed by atoms with Crippen LogP contribution in [0.25, 0.3) is 0 Å². The number of benzene rings is 1. The Morgan fingerprint density at radius 1 is 1.11 bits per heavy atom. The fraction of sp³-hybridized carbons (Fsp3) is 0.571. The number of nitrogens with zero attached hydrogens (tertiary/aromatic N) is 1. The van der Waals surface area contributed by atoms with Crippen LogP contribution in [-0.4, -0.2) is 33.4 Å². The van der Waals surface area contributed by atoms with Crippen molar-refractivity contribution in [3.63, 3.8) is 0 Å². The maximum absolute atomic E-state index is 4.99. The number of hydrogen-bond acceptors (Lipinski definition) is 3. The van der Waals surface area contributed by atoms with E-state index in [0.29, 0.717) is 0 Å². The van der Waals surface area contributed by atoms with E-state index in [-0.39, 0.29) is 12.4 Å². The second-order valence-electron chi connectivity index (χ2n) is 4.01. The number of anilines is 1. The van der Waals surface area contributed by atoms with Crippen LogP contribution in [-0.2, 0) is 11.3 Å². The fourth-order valence-corrected chi connectivity index (χ4v) is 1.82. The van der Waals surface area contributed by atoms with E-state index in [4.69, 9.17) is 4.74 Å². The Balaban J connectivity index is 0.00000289. The van der Waals surface area contributed by atoms with E-state index in [1.807, 2.05) is 0 Å². The molecule has 0 bridgehead atoms. The molecule has 0 radical (unpaired) electrons. The first-order valence-corrected chi connectivity index (χ1v) is 6.35. The SMILES string of the molecule is CCN(CC)c1ccc(CNCCOC)cc1.Cl. The minimum absolute atomic E-state index is 0. The summed E-state index contributed by atoms with van der Waals surface area (Å²) in [6, 6.07) is 8.77. The summed E-state index contributed by atoms with van der Waals surface area (Å²) in [4.78, 5) is 2.35. The van der Waals surface area contributed by atoms with Crippen LogP contribution in [0.4, 0.5) is 5.69 Å². The van der Waals surface area contributed by atoms with Crippen molar-refractivity contribution in [3.8, 4) is 0 Å². The van der Waals surface area contributed by atoms with E-state index >= 15 is 0 Å². The van der Waals surface area contributed by atoms with Gasteiger partial charge in [-0.25, -0.2) is 0 Å². The molecule has 1 rings (SSSR count). The predicted octanol–water partition coefficient (Wildman–Crippen LogP) is 2.69. The standard InChI is InChI=1S/C14H24N2O.ClH/c1-4-16(5-2)14-8-6-13(7-9-14)12-15-10-11-17-3;/h6-9,15H,4-5,10-12H2,1-3H3;1H. The van der Waals surface area contributed by atoms with E-state index in [1.54, 1.807) is 7.11 Å². The maximum Gasteiger partial charge on any atom is 0.0587 e. The van der Waals surface area contributed by atoms with Crippen LogP contribution >= 0.6 is 12.4 Å². The molecule has 0 saturated heterocycles. The minimum atomic E-state index is 0. The van der Waals surface area contributed by atoms with Gasteiger partial charge < -0.3 is 15.0 Å². The number of hydrogen-bond donors (Lipinski definition) is 1. The van der Waals surface area contributed by atoms with Gasteiger partial charge in [0.1, 0.15) is 0 Å². The average molecular weight is 273 g/mol. The van der Waals surface area contributed by atoms with Gasteiger partial charge >= 0.3 is 0 Å². The zero-order valence-electron chi connectivity index (χ0n) is 11.6. The molecule has 104 valence electrons. The van der Waals surface area contributed by atoms with Gasteiger partial charge in [-0.05, 0) is 31.5 Å². The van der Waals surface area contributed by atoms with Crippen molar-refractivity contribution in [2.24, 2.45) is 0 Å². The Labute approximate surface area is 117 Å². The Kier molecular flexibility index (Phi) is 9.74. The average Bonchev–Trinajstić information content (AvgIpc) is 2.38. The van der Waals surface area contributed by atoms with Crippen molar-refractivity contribution in [2.75, 3.05) is 38.3 Å². The molecule has 0 heterocycles. The third-order valence-electron chi connectivity index (χ3n) is 2.88. The summed E-state index contributed by atoms with van der Waals surface area (Å²) in [5, 5.41) is 3.34. The minimum Gasteiger partial charge on any atom is -0.383 e. The summed E-state index contributed by atoms with van der Waals surface area (Å²) in [7, 11) is 1.72. The smallest absolute Gasteiger partial charge is 0.0587 e. The lowest BCUT2D eigenvalue weighted by molar-refractivity contribution is 0.199. The van der Waals surface area contributed by atoms with Crippen molar-refractivity contribution in [2.45, 2.75) is 20.4 Å². The summed E-state index contributed by atoms with van der Waals surface area (Å²) in [5.74, 6) is 0. The number of methoxy groups -OCH3 is 1. The monoisotopic (exact) mass is 272 g/mol. The Bertz CT molecular complexity index is 299. The Morgan fingerprint density at radius 3 is 2.22 bits per heavy atom. The van der Waals surface area contributed by atoms with Crippen LogP contribution in [0.15, 0.2) is 24.3 Å². The molecule has 0 aromatic heterocycles. The van der Waals surface area contributed by atoms with Gasteiger partial charge in [-0.2, -0.15) is 0 Å². The molecule has 0 saturated carbocycles. The topological polar surface area (TPSA) is 24.5 Å². The normalized spacial score (nSPS) is 9.94. The third-order valence-corrected chi connectivity index (χ3v) is 2.88. The highest BCUT2D eigenvalue weighted by Crippen LogP contribution is 2.14. The van der Waals surface area contributed by atoms with Crippen LogP contribution in [0.3, 0.4) is 0 Å². The van der Waals surface area contributed by atoms with Crippen molar-refractivity contribution >= 4 is 18.1 Å². The van der Waals surface area contributed by atoms with E-state index in [0.717, 1.165) is 32.8 Å². The lowest BCUT2D eigenvalue weighted by Crippen LogP contribution is -2.22. The second kappa shape index (κ2) is 10.2. The van der Waals surface area contributed by atoms with Gasteiger partial charge in [0.05, 0.1) is 6.61 Å². The van der Waals surface area contributed by atoms with Crippen molar-refractivity contribution in [1.29, 1.82) is 0 Å². The van der Waals surface area contributed by atoms with Gasteiger partial charge in [-0.3, -0.25) is 0 Å². The molecular weight excluding hydrogens is 248 g/mol. The molecule has 18 heavy (non-hydrogen) atoms. The van der Waals surface area contributed by atoms with Crippen LogP contribution in [0.1, 0.15) is 19.4 Å². The molecule has 1 aromatic rings. The van der Waals surface area contributed by atoms with Crippen molar-refractivity contribution < 1.29 is 4.74 Å². The highest BCUT2D eigenvalue weighted by Gasteiger charge is 2.00. The molecule has 1 aromatic carbocycles. The van der Waals surface area contributed by atoms with Crippen LogP contribution < -0.4 is 10.2 Å². The zero-order chi connectivity index (χ0) is 12.5. The summed E-state index contributed by atoms with van der Waals surface area (Å²) < 4.78 is 4.99. The molecule has 0 aliphatic rings. The largest absolute Gasteiger partial charge is 0.383 e. The molecule has 0 atom stereocenters. The Morgan fingerprint density at radius 2 is 1.72 bits per heavy atom. The highest BCUT2D eigenvalue weighted by atomic mass is 35.5. The summed E-state index contributed by atoms with van der Waals surface area (Å²) in [6.45, 7) is 9.05. The van der Waals surface area contributed by atoms with Crippen LogP contribution in [0, 0.1) is 0 Å². The van der Waals surface area contributed by atoms with Crippen LogP contribution in [0.5, 0.6) is 0 Å². The Hall–Kier alpha value is -0.770. The summed E-state index contributed by atoms with van der Waals surface area (Å²) in [6.07, 6.45) is 0. The summed E-state index contributed by atoms with van der Waals surface area (Å²) in [5.41, 5.74) is 2.62. The first-order valence-electron chi connectivity index (χ1n) is 6.35. The van der Waals surface area contributed by atoms with Gasteiger partial charge in [0, 0.05) is 39.0 Å². The zero-order valence-corrected chi connectivity index (χ0v) is 12.4. The quantitative estimate of drug-likeness (QED) is 0.737. The molecule has 0 amide bonds. The molecule has 4 heteroatoms. The molecular formula is C14H25ClN2O. The highest BCUT2D eigenvalue weighted by molar-refractivity contribution is 5.85. The first kappa shape index (κ1) is 17.2. The van der Waals surface area contributed by atoms with Gasteiger partial charge in [-0.1, -0.05) is 12.1 Å². The van der Waals surface area contributed by atoms with E-state index < -0.39 is 0 Å². The van der Waals surface area contributed by atoms with Gasteiger partial charge in [0.25, 0.3) is 0 Å². The predicted molar refractivity (Wildman–Crippen MR) is 80.8 cm³/mol. The van der Waals surface area contributed by atoms with Crippen LogP contribution in [0.2, 0.25) is 0 Å². The third kappa shape index (κ3) is 5.71. The first-order chi connectivity index (χ1) is 8.31. The number of halogens is 1. The second-order valence-corrected chi connectivity index (χ2v) is 4.01. The van der Waals surface area contributed by atoms with Gasteiger partial charge in [0.15, 0.2) is 0 Å². The molecule has 0 fully saturated rings. The van der Waals surface area contributed by atoms with E-state index in [2.05, 4.69) is 48.3 Å².